The summed E-state index contributed by atoms with van der Waals surface area (Å²) < 4.78 is 5.21. The normalized spacial score (nSPS) is 12.8. The Morgan fingerprint density at radius 3 is 2.35 bits per heavy atom. The number of imide groups is 1. The minimum Gasteiger partial charge on any atom is -0.495 e. The zero-order chi connectivity index (χ0) is 18.7. The third-order valence-corrected chi connectivity index (χ3v) is 4.10. The van der Waals surface area contributed by atoms with Crippen LogP contribution in [-0.4, -0.2) is 42.9 Å². The minimum absolute atomic E-state index is 0.102. The lowest BCUT2D eigenvalue weighted by Crippen LogP contribution is -2.39. The molecule has 0 atom stereocenters. The number of fused-ring (bicyclic) bond motifs is 1. The van der Waals surface area contributed by atoms with E-state index in [0.29, 0.717) is 22.6 Å². The topological polar surface area (TPSA) is 87.7 Å². The van der Waals surface area contributed by atoms with Crippen molar-refractivity contribution in [1.82, 2.24) is 10.2 Å². The Bertz CT molecular complexity index is 844. The molecule has 1 aliphatic heterocycles. The van der Waals surface area contributed by atoms with Crippen molar-refractivity contribution in [3.05, 3.63) is 59.2 Å². The summed E-state index contributed by atoms with van der Waals surface area (Å²) in [4.78, 5) is 37.7. The van der Waals surface area contributed by atoms with Crippen LogP contribution in [0.3, 0.4) is 0 Å². The number of aryl methyl sites for hydroxylation is 1. The van der Waals surface area contributed by atoms with Gasteiger partial charge in [0.1, 0.15) is 5.75 Å². The molecule has 26 heavy (non-hydrogen) atoms. The van der Waals surface area contributed by atoms with E-state index in [-0.39, 0.29) is 24.9 Å². The SMILES string of the molecule is COc1ccc(C)cc1NC(=O)NCCN1C(=O)c2ccccc2C1=O. The standard InChI is InChI=1S/C19H19N3O4/c1-12-7-8-16(26-2)15(11-12)21-19(25)20-9-10-22-17(23)13-5-3-4-6-14(13)18(22)24/h3-8,11H,9-10H2,1-2H3,(H2,20,21,25). The second-order valence-electron chi connectivity index (χ2n) is 5.89. The van der Waals surface area contributed by atoms with Gasteiger partial charge in [0.05, 0.1) is 23.9 Å². The third kappa shape index (κ3) is 3.37. The van der Waals surface area contributed by atoms with E-state index in [0.717, 1.165) is 10.5 Å². The second-order valence-corrected chi connectivity index (χ2v) is 5.89. The number of rotatable bonds is 5. The summed E-state index contributed by atoms with van der Waals surface area (Å²) in [7, 11) is 1.52. The van der Waals surface area contributed by atoms with Gasteiger partial charge in [0, 0.05) is 13.1 Å². The number of urea groups is 1. The van der Waals surface area contributed by atoms with Gasteiger partial charge >= 0.3 is 6.03 Å². The van der Waals surface area contributed by atoms with Crippen LogP contribution in [0, 0.1) is 6.92 Å². The van der Waals surface area contributed by atoms with Gasteiger partial charge in [0.25, 0.3) is 11.8 Å². The van der Waals surface area contributed by atoms with Crippen LogP contribution >= 0.6 is 0 Å². The summed E-state index contributed by atoms with van der Waals surface area (Å²) in [5, 5.41) is 5.35. The second kappa shape index (κ2) is 7.26. The summed E-state index contributed by atoms with van der Waals surface area (Å²) in [6.07, 6.45) is 0. The number of nitrogens with one attached hydrogen (secondary N) is 2. The minimum atomic E-state index is -0.439. The zero-order valence-electron chi connectivity index (χ0n) is 14.5. The summed E-state index contributed by atoms with van der Waals surface area (Å²) in [5.74, 6) is -0.132. The van der Waals surface area contributed by atoms with E-state index in [4.69, 9.17) is 4.74 Å². The zero-order valence-corrected chi connectivity index (χ0v) is 14.5. The number of benzene rings is 2. The van der Waals surface area contributed by atoms with E-state index in [1.807, 2.05) is 13.0 Å². The maximum atomic E-state index is 12.3. The lowest BCUT2D eigenvalue weighted by Gasteiger charge is -2.15. The third-order valence-electron chi connectivity index (χ3n) is 4.10. The monoisotopic (exact) mass is 353 g/mol. The molecule has 0 spiro atoms. The van der Waals surface area contributed by atoms with Crippen molar-refractivity contribution in [3.63, 3.8) is 0 Å². The lowest BCUT2D eigenvalue weighted by molar-refractivity contribution is 0.0656. The average molecular weight is 353 g/mol. The molecule has 134 valence electrons. The highest BCUT2D eigenvalue weighted by Crippen LogP contribution is 2.25. The number of carbonyl (C=O) groups excluding carboxylic acids is 3. The molecule has 1 aliphatic rings. The smallest absolute Gasteiger partial charge is 0.319 e. The van der Waals surface area contributed by atoms with Crippen LogP contribution in [0.15, 0.2) is 42.5 Å². The molecule has 0 fully saturated rings. The Morgan fingerprint density at radius 2 is 1.73 bits per heavy atom. The average Bonchev–Trinajstić information content (AvgIpc) is 2.87. The van der Waals surface area contributed by atoms with Crippen molar-refractivity contribution in [3.8, 4) is 5.75 Å². The van der Waals surface area contributed by atoms with E-state index in [2.05, 4.69) is 10.6 Å². The maximum absolute atomic E-state index is 12.3. The van der Waals surface area contributed by atoms with Crippen LogP contribution in [0.1, 0.15) is 26.3 Å². The van der Waals surface area contributed by atoms with Crippen LogP contribution in [0.2, 0.25) is 0 Å². The fourth-order valence-electron chi connectivity index (χ4n) is 2.81. The fourth-order valence-corrected chi connectivity index (χ4v) is 2.81. The molecule has 2 N–H and O–H groups in total. The highest BCUT2D eigenvalue weighted by molar-refractivity contribution is 6.21. The van der Waals surface area contributed by atoms with Crippen LogP contribution in [-0.2, 0) is 0 Å². The molecular formula is C19H19N3O4. The van der Waals surface area contributed by atoms with Gasteiger partial charge in [-0.2, -0.15) is 0 Å². The Kier molecular flexibility index (Phi) is 4.88. The van der Waals surface area contributed by atoms with Gasteiger partial charge in [0.15, 0.2) is 0 Å². The summed E-state index contributed by atoms with van der Waals surface area (Å²) >= 11 is 0. The maximum Gasteiger partial charge on any atom is 0.319 e. The molecule has 7 nitrogen and oxygen atoms in total. The number of ether oxygens (including phenoxy) is 1. The molecule has 0 saturated carbocycles. The van der Waals surface area contributed by atoms with Gasteiger partial charge in [-0.05, 0) is 36.8 Å². The van der Waals surface area contributed by atoms with Gasteiger partial charge in [-0.1, -0.05) is 18.2 Å². The first kappa shape index (κ1) is 17.5. The summed E-state index contributed by atoms with van der Waals surface area (Å²) in [6.45, 7) is 2.15. The Balaban J connectivity index is 1.56. The number of anilines is 1. The van der Waals surface area contributed by atoms with Crippen LogP contribution in [0.4, 0.5) is 10.5 Å². The molecule has 3 rings (SSSR count). The number of amides is 4. The van der Waals surface area contributed by atoms with Gasteiger partial charge in [-0.25, -0.2) is 4.79 Å². The van der Waals surface area contributed by atoms with Crippen molar-refractivity contribution in [2.45, 2.75) is 6.92 Å². The van der Waals surface area contributed by atoms with Crippen molar-refractivity contribution >= 4 is 23.5 Å². The largest absolute Gasteiger partial charge is 0.495 e. The summed E-state index contributed by atoms with van der Waals surface area (Å²) in [6, 6.07) is 11.7. The Hall–Kier alpha value is -3.35. The molecule has 4 amide bonds. The molecule has 2 aromatic carbocycles. The van der Waals surface area contributed by atoms with Gasteiger partial charge < -0.3 is 15.4 Å². The first-order valence-electron chi connectivity index (χ1n) is 8.16. The molecule has 2 aromatic rings. The highest BCUT2D eigenvalue weighted by atomic mass is 16.5. The first-order valence-corrected chi connectivity index (χ1v) is 8.16. The molecule has 7 heteroatoms. The van der Waals surface area contributed by atoms with E-state index in [1.54, 1.807) is 36.4 Å². The summed E-state index contributed by atoms with van der Waals surface area (Å²) in [5.41, 5.74) is 2.32. The molecule has 0 radical (unpaired) electrons. The van der Waals surface area contributed by atoms with Gasteiger partial charge in [-0.15, -0.1) is 0 Å². The molecule has 0 aliphatic carbocycles. The van der Waals surface area contributed by atoms with Crippen LogP contribution < -0.4 is 15.4 Å². The Labute approximate surface area is 150 Å². The number of hydrogen-bond donors (Lipinski definition) is 2. The predicted octanol–water partition coefficient (Wildman–Crippen LogP) is 2.42. The van der Waals surface area contributed by atoms with E-state index in [9.17, 15) is 14.4 Å². The number of carbonyl (C=O) groups is 3. The molecule has 0 bridgehead atoms. The number of methoxy groups -OCH3 is 1. The van der Waals surface area contributed by atoms with E-state index >= 15 is 0 Å². The van der Waals surface area contributed by atoms with Crippen molar-refractivity contribution < 1.29 is 19.1 Å². The van der Waals surface area contributed by atoms with Crippen LogP contribution in [0.25, 0.3) is 0 Å². The predicted molar refractivity (Wildman–Crippen MR) is 96.6 cm³/mol. The quantitative estimate of drug-likeness (QED) is 0.808. The van der Waals surface area contributed by atoms with Gasteiger partial charge in [-0.3, -0.25) is 14.5 Å². The molecule has 0 saturated heterocycles. The van der Waals surface area contributed by atoms with E-state index < -0.39 is 6.03 Å². The van der Waals surface area contributed by atoms with Crippen molar-refractivity contribution in [2.75, 3.05) is 25.5 Å². The van der Waals surface area contributed by atoms with E-state index in [1.165, 1.54) is 7.11 Å². The Morgan fingerprint density at radius 1 is 1.08 bits per heavy atom. The van der Waals surface area contributed by atoms with Crippen molar-refractivity contribution in [2.24, 2.45) is 0 Å². The fraction of sp³-hybridized carbons (Fsp3) is 0.211. The molecular weight excluding hydrogens is 334 g/mol. The van der Waals surface area contributed by atoms with Crippen molar-refractivity contribution in [1.29, 1.82) is 0 Å². The number of hydrogen-bond acceptors (Lipinski definition) is 4. The van der Waals surface area contributed by atoms with Crippen LogP contribution in [0.5, 0.6) is 5.75 Å². The first-order chi connectivity index (χ1) is 12.5. The lowest BCUT2D eigenvalue weighted by atomic mass is 10.1. The number of nitrogens with zero attached hydrogens (tertiary/aromatic N) is 1. The molecule has 1 heterocycles. The highest BCUT2D eigenvalue weighted by Gasteiger charge is 2.34. The molecule has 0 unspecified atom stereocenters. The van der Waals surface area contributed by atoms with Gasteiger partial charge in [0.2, 0.25) is 0 Å². The molecule has 0 aromatic heterocycles.